The molecule has 3 aromatic rings. The molecule has 1 aliphatic rings. The third kappa shape index (κ3) is 3.15. The van der Waals surface area contributed by atoms with Gasteiger partial charge in [-0.3, -0.25) is 9.36 Å². The number of benzene rings is 1. The molecule has 0 saturated carbocycles. The van der Waals surface area contributed by atoms with Gasteiger partial charge in [0.15, 0.2) is 5.16 Å². The normalized spacial score (nSPS) is 16.0. The Hall–Kier alpha value is -1.15. The lowest BCUT2D eigenvalue weighted by atomic mass is 9.94. The minimum absolute atomic E-state index is 0.0132. The van der Waals surface area contributed by atoms with Crippen LogP contribution in [0.3, 0.4) is 0 Å². The largest absolute Gasteiger partial charge is 0.370 e. The van der Waals surface area contributed by atoms with Gasteiger partial charge in [-0.1, -0.05) is 40.7 Å². The molecule has 136 valence electrons. The molecule has 0 spiro atoms. The zero-order valence-electron chi connectivity index (χ0n) is 14.8. The van der Waals surface area contributed by atoms with Crippen molar-refractivity contribution in [3.8, 4) is 5.69 Å². The van der Waals surface area contributed by atoms with Crippen molar-refractivity contribution < 1.29 is 4.74 Å². The zero-order chi connectivity index (χ0) is 18.5. The lowest BCUT2D eigenvalue weighted by Crippen LogP contribution is -2.32. The molecule has 2 aromatic heterocycles. The molecular formula is C19H19BrN2O2S2. The number of aromatic nitrogens is 2. The fraction of sp³-hybridized carbons (Fsp3) is 0.368. The monoisotopic (exact) mass is 450 g/mol. The number of hydrogen-bond donors (Lipinski definition) is 0. The van der Waals surface area contributed by atoms with Gasteiger partial charge in [0.25, 0.3) is 5.56 Å². The highest BCUT2D eigenvalue weighted by Gasteiger charge is 2.31. The van der Waals surface area contributed by atoms with E-state index in [0.717, 1.165) is 48.1 Å². The molecule has 0 bridgehead atoms. The molecule has 0 fully saturated rings. The van der Waals surface area contributed by atoms with E-state index in [-0.39, 0.29) is 11.2 Å². The van der Waals surface area contributed by atoms with E-state index >= 15 is 0 Å². The van der Waals surface area contributed by atoms with E-state index in [0.29, 0.717) is 6.61 Å². The smallest absolute Gasteiger partial charge is 0.267 e. The predicted octanol–water partition coefficient (Wildman–Crippen LogP) is 5.17. The first-order chi connectivity index (χ1) is 12.4. The molecule has 4 nitrogen and oxygen atoms in total. The van der Waals surface area contributed by atoms with Crippen molar-refractivity contribution in [2.75, 3.05) is 5.75 Å². The highest BCUT2D eigenvalue weighted by Crippen LogP contribution is 2.37. The van der Waals surface area contributed by atoms with Crippen LogP contribution in [0.5, 0.6) is 0 Å². The van der Waals surface area contributed by atoms with Gasteiger partial charge in [-0.2, -0.15) is 0 Å². The van der Waals surface area contributed by atoms with E-state index in [1.165, 1.54) is 0 Å². The highest BCUT2D eigenvalue weighted by molar-refractivity contribution is 9.10. The number of halogens is 1. The SMILES string of the molecule is CCSc1nc2sc3c(c2c(=O)n1-c1cccc(Br)c1)CC(C)(C)OC3. The zero-order valence-corrected chi connectivity index (χ0v) is 18.1. The predicted molar refractivity (Wildman–Crippen MR) is 112 cm³/mol. The van der Waals surface area contributed by atoms with Gasteiger partial charge in [0, 0.05) is 15.8 Å². The van der Waals surface area contributed by atoms with Gasteiger partial charge in [0.05, 0.1) is 23.3 Å². The van der Waals surface area contributed by atoms with E-state index in [2.05, 4.69) is 36.7 Å². The summed E-state index contributed by atoms with van der Waals surface area (Å²) in [5, 5.41) is 1.49. The Bertz CT molecular complexity index is 1060. The summed E-state index contributed by atoms with van der Waals surface area (Å²) < 4.78 is 8.62. The molecule has 0 aliphatic carbocycles. The van der Waals surface area contributed by atoms with Crippen molar-refractivity contribution in [2.24, 2.45) is 0 Å². The second-order valence-electron chi connectivity index (χ2n) is 6.86. The summed E-state index contributed by atoms with van der Waals surface area (Å²) in [5.41, 5.74) is 1.70. The third-order valence-corrected chi connectivity index (χ3v) is 6.83. The summed E-state index contributed by atoms with van der Waals surface area (Å²) in [6, 6.07) is 7.81. The van der Waals surface area contributed by atoms with Gasteiger partial charge in [-0.25, -0.2) is 4.98 Å². The van der Waals surface area contributed by atoms with Crippen LogP contribution in [0.4, 0.5) is 0 Å². The van der Waals surface area contributed by atoms with Crippen LogP contribution in [0.25, 0.3) is 15.9 Å². The molecule has 7 heteroatoms. The molecule has 4 rings (SSSR count). The van der Waals surface area contributed by atoms with Crippen molar-refractivity contribution in [2.45, 2.75) is 44.6 Å². The maximum absolute atomic E-state index is 13.5. The number of thiophene rings is 1. The molecule has 26 heavy (non-hydrogen) atoms. The van der Waals surface area contributed by atoms with Gasteiger partial charge in [-0.15, -0.1) is 11.3 Å². The molecule has 0 N–H and O–H groups in total. The van der Waals surface area contributed by atoms with E-state index in [1.807, 2.05) is 24.3 Å². The number of fused-ring (bicyclic) bond motifs is 3. The first-order valence-corrected chi connectivity index (χ1v) is 11.1. The molecule has 0 unspecified atom stereocenters. The summed E-state index contributed by atoms with van der Waals surface area (Å²) in [6.07, 6.45) is 0.734. The molecule has 1 aliphatic heterocycles. The first-order valence-electron chi connectivity index (χ1n) is 8.49. The van der Waals surface area contributed by atoms with Gasteiger partial charge in [0.2, 0.25) is 0 Å². The van der Waals surface area contributed by atoms with E-state index in [1.54, 1.807) is 27.7 Å². The number of rotatable bonds is 3. The number of nitrogens with zero attached hydrogens (tertiary/aromatic N) is 2. The second-order valence-corrected chi connectivity index (χ2v) is 10.1. The summed E-state index contributed by atoms with van der Waals surface area (Å²) in [6.45, 7) is 6.76. The molecule has 0 atom stereocenters. The maximum atomic E-state index is 13.5. The molecule has 0 amide bonds. The first kappa shape index (κ1) is 18.2. The van der Waals surface area contributed by atoms with Gasteiger partial charge >= 0.3 is 0 Å². The van der Waals surface area contributed by atoms with E-state index in [9.17, 15) is 4.79 Å². The van der Waals surface area contributed by atoms with Crippen LogP contribution in [0, 0.1) is 0 Å². The minimum Gasteiger partial charge on any atom is -0.370 e. The van der Waals surface area contributed by atoms with Crippen LogP contribution in [0.2, 0.25) is 0 Å². The number of thioether (sulfide) groups is 1. The standard InChI is InChI=1S/C19H19BrN2O2S2/c1-4-25-18-21-16-15(13-9-19(2,3)24-10-14(13)26-16)17(23)22(18)12-7-5-6-11(20)8-12/h5-8H,4,9-10H2,1-3H3. The van der Waals surface area contributed by atoms with Gasteiger partial charge in [0.1, 0.15) is 4.83 Å². The van der Waals surface area contributed by atoms with Crippen molar-refractivity contribution in [3.63, 3.8) is 0 Å². The van der Waals surface area contributed by atoms with Gasteiger partial charge < -0.3 is 4.74 Å². The summed E-state index contributed by atoms with van der Waals surface area (Å²) in [5.74, 6) is 0.854. The third-order valence-electron chi connectivity index (χ3n) is 4.41. The number of hydrogen-bond acceptors (Lipinski definition) is 5. The van der Waals surface area contributed by atoms with E-state index in [4.69, 9.17) is 9.72 Å². The lowest BCUT2D eigenvalue weighted by Gasteiger charge is -2.29. The Morgan fingerprint density at radius 3 is 2.96 bits per heavy atom. The summed E-state index contributed by atoms with van der Waals surface area (Å²) in [7, 11) is 0. The number of ether oxygens (including phenoxy) is 1. The fourth-order valence-electron chi connectivity index (χ4n) is 3.24. The Morgan fingerprint density at radius 1 is 1.42 bits per heavy atom. The summed E-state index contributed by atoms with van der Waals surface area (Å²) >= 11 is 6.69. The summed E-state index contributed by atoms with van der Waals surface area (Å²) in [4.78, 5) is 20.3. The molecule has 3 heterocycles. The Kier molecular flexibility index (Phi) is 4.75. The van der Waals surface area contributed by atoms with Crippen molar-refractivity contribution >= 4 is 49.2 Å². The Morgan fingerprint density at radius 2 is 2.23 bits per heavy atom. The average Bonchev–Trinajstić information content (AvgIpc) is 2.92. The highest BCUT2D eigenvalue weighted by atomic mass is 79.9. The lowest BCUT2D eigenvalue weighted by molar-refractivity contribution is -0.0379. The quantitative estimate of drug-likeness (QED) is 0.407. The van der Waals surface area contributed by atoms with Crippen LogP contribution in [-0.4, -0.2) is 20.9 Å². The van der Waals surface area contributed by atoms with Crippen LogP contribution < -0.4 is 5.56 Å². The minimum atomic E-state index is -0.259. The van der Waals surface area contributed by atoms with Crippen LogP contribution in [0.1, 0.15) is 31.2 Å². The molecular weight excluding hydrogens is 432 g/mol. The molecule has 1 aromatic carbocycles. The molecule has 0 saturated heterocycles. The van der Waals surface area contributed by atoms with Crippen LogP contribution in [-0.2, 0) is 17.8 Å². The topological polar surface area (TPSA) is 44.1 Å². The second kappa shape index (κ2) is 6.78. The Balaban J connectivity index is 2.03. The molecule has 0 radical (unpaired) electrons. The fourth-order valence-corrected chi connectivity index (χ4v) is 5.51. The average molecular weight is 451 g/mol. The van der Waals surface area contributed by atoms with Gasteiger partial charge in [-0.05, 0) is 43.4 Å². The Labute approximate surface area is 168 Å². The van der Waals surface area contributed by atoms with Crippen LogP contribution in [0.15, 0.2) is 38.7 Å². The van der Waals surface area contributed by atoms with E-state index < -0.39 is 0 Å². The van der Waals surface area contributed by atoms with Crippen LogP contribution >= 0.6 is 39.0 Å². The van der Waals surface area contributed by atoms with Crippen molar-refractivity contribution in [3.05, 3.63) is 49.5 Å². The maximum Gasteiger partial charge on any atom is 0.267 e. The van der Waals surface area contributed by atoms with Crippen molar-refractivity contribution in [1.82, 2.24) is 9.55 Å². The van der Waals surface area contributed by atoms with Crippen molar-refractivity contribution in [1.29, 1.82) is 0 Å².